The molecule has 1 heterocycles. The van der Waals surface area contributed by atoms with Gasteiger partial charge < -0.3 is 10.2 Å². The zero-order valence-corrected chi connectivity index (χ0v) is 13.5. The topological polar surface area (TPSA) is 45.2 Å². The van der Waals surface area contributed by atoms with Gasteiger partial charge in [0.1, 0.15) is 0 Å². The first kappa shape index (κ1) is 15.0. The average Bonchev–Trinajstić information content (AvgIpc) is 3.35. The number of para-hydroxylation sites is 1. The van der Waals surface area contributed by atoms with Crippen LogP contribution < -0.4 is 5.32 Å². The third-order valence-corrected chi connectivity index (χ3v) is 4.42. The molecule has 116 valence electrons. The number of benzene rings is 1. The fraction of sp³-hybridized carbons (Fsp3) is 0.444. The Morgan fingerprint density at radius 2 is 2.09 bits per heavy atom. The van der Waals surface area contributed by atoms with Gasteiger partial charge in [-0.2, -0.15) is 0 Å². The molecular weight excluding hydrogens is 274 g/mol. The lowest BCUT2D eigenvalue weighted by molar-refractivity contribution is 0.0945. The lowest BCUT2D eigenvalue weighted by Gasteiger charge is -2.20. The van der Waals surface area contributed by atoms with E-state index in [0.29, 0.717) is 18.5 Å². The van der Waals surface area contributed by atoms with Crippen LogP contribution in [0.15, 0.2) is 30.3 Å². The van der Waals surface area contributed by atoms with Crippen molar-refractivity contribution < 1.29 is 4.79 Å². The highest BCUT2D eigenvalue weighted by Gasteiger charge is 2.26. The Balaban J connectivity index is 1.89. The number of hydrogen-bond donors (Lipinski definition) is 1. The fourth-order valence-corrected chi connectivity index (χ4v) is 2.49. The minimum Gasteiger partial charge on any atom is -0.350 e. The summed E-state index contributed by atoms with van der Waals surface area (Å²) in [7, 11) is 4.04. The summed E-state index contributed by atoms with van der Waals surface area (Å²) in [6, 6.07) is 10.2. The summed E-state index contributed by atoms with van der Waals surface area (Å²) in [5.41, 5.74) is 2.72. The number of aromatic nitrogens is 1. The van der Waals surface area contributed by atoms with Gasteiger partial charge in [-0.15, -0.1) is 0 Å². The molecule has 0 spiro atoms. The van der Waals surface area contributed by atoms with Crippen molar-refractivity contribution in [3.8, 4) is 0 Å². The van der Waals surface area contributed by atoms with E-state index in [2.05, 4.69) is 17.1 Å². The average molecular weight is 297 g/mol. The molecule has 1 aliphatic rings. The molecule has 1 aromatic carbocycles. The Labute approximate surface area is 131 Å². The summed E-state index contributed by atoms with van der Waals surface area (Å²) in [6.07, 6.45) is 2.37. The van der Waals surface area contributed by atoms with Crippen molar-refractivity contribution in [1.29, 1.82) is 0 Å². The monoisotopic (exact) mass is 297 g/mol. The van der Waals surface area contributed by atoms with Gasteiger partial charge in [0.2, 0.25) is 0 Å². The van der Waals surface area contributed by atoms with Crippen LogP contribution in [-0.4, -0.2) is 42.5 Å². The van der Waals surface area contributed by atoms with Gasteiger partial charge >= 0.3 is 0 Å². The Kier molecular flexibility index (Phi) is 4.12. The van der Waals surface area contributed by atoms with Crippen LogP contribution in [0, 0.1) is 0 Å². The molecule has 0 saturated heterocycles. The van der Waals surface area contributed by atoms with Gasteiger partial charge in [-0.1, -0.05) is 18.2 Å². The molecule has 1 fully saturated rings. The minimum atomic E-state index is -0.00537. The smallest absolute Gasteiger partial charge is 0.252 e. The molecule has 0 unspecified atom stereocenters. The van der Waals surface area contributed by atoms with Crippen molar-refractivity contribution in [1.82, 2.24) is 15.2 Å². The number of nitrogens with one attached hydrogen (secondary N) is 1. The van der Waals surface area contributed by atoms with Crippen LogP contribution >= 0.6 is 0 Å². The normalized spacial score (nSPS) is 16.0. The number of carbonyl (C=O) groups is 1. The first-order chi connectivity index (χ1) is 10.6. The first-order valence-electron chi connectivity index (χ1n) is 7.90. The second kappa shape index (κ2) is 6.05. The van der Waals surface area contributed by atoms with Gasteiger partial charge in [0.05, 0.1) is 11.1 Å². The van der Waals surface area contributed by atoms with Crippen molar-refractivity contribution in [2.75, 3.05) is 20.6 Å². The second-order valence-electron chi connectivity index (χ2n) is 6.41. The van der Waals surface area contributed by atoms with E-state index in [1.54, 1.807) is 0 Å². The van der Waals surface area contributed by atoms with E-state index in [1.807, 2.05) is 44.4 Å². The van der Waals surface area contributed by atoms with Gasteiger partial charge in [-0.3, -0.25) is 9.78 Å². The Bertz CT molecular complexity index is 692. The summed E-state index contributed by atoms with van der Waals surface area (Å²) in [5.74, 6) is 0.533. The Hall–Kier alpha value is -1.94. The second-order valence-corrected chi connectivity index (χ2v) is 6.41. The fourth-order valence-electron chi connectivity index (χ4n) is 2.49. The molecule has 4 nitrogen and oxygen atoms in total. The molecule has 4 heteroatoms. The van der Waals surface area contributed by atoms with Crippen LogP contribution in [0.4, 0.5) is 0 Å². The number of fused-ring (bicyclic) bond motifs is 1. The third-order valence-electron chi connectivity index (χ3n) is 4.42. The number of amides is 1. The van der Waals surface area contributed by atoms with Crippen LogP contribution in [-0.2, 0) is 0 Å². The van der Waals surface area contributed by atoms with E-state index in [4.69, 9.17) is 4.98 Å². The summed E-state index contributed by atoms with van der Waals surface area (Å²) in [4.78, 5) is 19.4. The zero-order chi connectivity index (χ0) is 15.7. The molecule has 2 aromatic rings. The van der Waals surface area contributed by atoms with Crippen LogP contribution in [0.1, 0.15) is 41.7 Å². The lowest BCUT2D eigenvalue weighted by Crippen LogP contribution is -2.38. The summed E-state index contributed by atoms with van der Waals surface area (Å²) in [6.45, 7) is 2.74. The van der Waals surface area contributed by atoms with Gasteiger partial charge in [0.25, 0.3) is 5.91 Å². The van der Waals surface area contributed by atoms with Crippen molar-refractivity contribution >= 4 is 16.8 Å². The number of rotatable bonds is 5. The Morgan fingerprint density at radius 3 is 2.77 bits per heavy atom. The molecule has 22 heavy (non-hydrogen) atoms. The molecule has 1 aliphatic carbocycles. The molecule has 1 aromatic heterocycles. The van der Waals surface area contributed by atoms with Gasteiger partial charge in [-0.25, -0.2) is 0 Å². The maximum absolute atomic E-state index is 12.6. The van der Waals surface area contributed by atoms with Crippen LogP contribution in [0.5, 0.6) is 0 Å². The first-order valence-corrected chi connectivity index (χ1v) is 7.90. The quantitative estimate of drug-likeness (QED) is 0.923. The van der Waals surface area contributed by atoms with Crippen LogP contribution in [0.2, 0.25) is 0 Å². The maximum Gasteiger partial charge on any atom is 0.252 e. The molecule has 3 rings (SSSR count). The standard InChI is InChI=1S/C18H23N3O/c1-12(21(2)3)11-19-18(22)15-10-17(13-8-9-13)20-16-7-5-4-6-14(15)16/h4-7,10,12-13H,8-9,11H2,1-3H3,(H,19,22)/t12-/m0/s1. The van der Waals surface area contributed by atoms with E-state index in [9.17, 15) is 4.79 Å². The molecule has 0 bridgehead atoms. The van der Waals surface area contributed by atoms with E-state index in [1.165, 1.54) is 12.8 Å². The zero-order valence-electron chi connectivity index (χ0n) is 13.5. The van der Waals surface area contributed by atoms with E-state index in [-0.39, 0.29) is 5.91 Å². The molecule has 1 amide bonds. The van der Waals surface area contributed by atoms with Gasteiger partial charge in [0.15, 0.2) is 0 Å². The van der Waals surface area contributed by atoms with Crippen molar-refractivity contribution in [2.45, 2.75) is 31.7 Å². The predicted molar refractivity (Wildman–Crippen MR) is 89.2 cm³/mol. The largest absolute Gasteiger partial charge is 0.350 e. The van der Waals surface area contributed by atoms with Crippen LogP contribution in [0.25, 0.3) is 10.9 Å². The third kappa shape index (κ3) is 3.12. The molecule has 1 N–H and O–H groups in total. The van der Waals surface area contributed by atoms with Gasteiger partial charge in [0, 0.05) is 29.6 Å². The highest BCUT2D eigenvalue weighted by Crippen LogP contribution is 2.40. The summed E-state index contributed by atoms with van der Waals surface area (Å²) >= 11 is 0. The number of pyridine rings is 1. The molecule has 1 saturated carbocycles. The van der Waals surface area contributed by atoms with E-state index >= 15 is 0 Å². The molecule has 0 radical (unpaired) electrons. The van der Waals surface area contributed by atoms with Crippen molar-refractivity contribution in [2.24, 2.45) is 0 Å². The highest BCUT2D eigenvalue weighted by atomic mass is 16.1. The molecular formula is C18H23N3O. The SMILES string of the molecule is C[C@@H](CNC(=O)c1cc(C2CC2)nc2ccccc12)N(C)C. The van der Waals surface area contributed by atoms with Gasteiger partial charge in [-0.05, 0) is 46.0 Å². The number of carbonyl (C=O) groups excluding carboxylic acids is 1. The van der Waals surface area contributed by atoms with E-state index < -0.39 is 0 Å². The summed E-state index contributed by atoms with van der Waals surface area (Å²) < 4.78 is 0. The van der Waals surface area contributed by atoms with Crippen LogP contribution in [0.3, 0.4) is 0 Å². The predicted octanol–water partition coefficient (Wildman–Crippen LogP) is 2.79. The van der Waals surface area contributed by atoms with Crippen molar-refractivity contribution in [3.05, 3.63) is 41.6 Å². The Morgan fingerprint density at radius 1 is 1.36 bits per heavy atom. The molecule has 0 aliphatic heterocycles. The number of likely N-dealkylation sites (N-methyl/N-ethyl adjacent to an activating group) is 1. The number of hydrogen-bond acceptors (Lipinski definition) is 3. The van der Waals surface area contributed by atoms with E-state index in [0.717, 1.165) is 22.2 Å². The van der Waals surface area contributed by atoms with Crippen molar-refractivity contribution in [3.63, 3.8) is 0 Å². The lowest BCUT2D eigenvalue weighted by atomic mass is 10.1. The highest BCUT2D eigenvalue weighted by molar-refractivity contribution is 6.06. The summed E-state index contributed by atoms with van der Waals surface area (Å²) in [5, 5.41) is 3.98. The minimum absolute atomic E-state index is 0.00537. The number of nitrogens with zero attached hydrogens (tertiary/aromatic N) is 2. The maximum atomic E-state index is 12.6. The molecule has 1 atom stereocenters.